The van der Waals surface area contributed by atoms with E-state index in [4.69, 9.17) is 34.2 Å². The zero-order chi connectivity index (χ0) is 78.2. The molecule has 3 amide bonds. The fourth-order valence-electron chi connectivity index (χ4n) is 12.4. The normalized spacial score (nSPS) is 12.6. The summed E-state index contributed by atoms with van der Waals surface area (Å²) >= 11 is 0. The monoisotopic (exact) mass is 1480 g/mol. The summed E-state index contributed by atoms with van der Waals surface area (Å²) in [6, 6.07) is 70.6. The second kappa shape index (κ2) is 37.9. The number of benzene rings is 10. The predicted octanol–water partition coefficient (Wildman–Crippen LogP) is 11.9. The van der Waals surface area contributed by atoms with E-state index in [2.05, 4.69) is 25.0 Å². The molecule has 0 unspecified atom stereocenters. The first-order valence-electron chi connectivity index (χ1n) is 34.8. The summed E-state index contributed by atoms with van der Waals surface area (Å²) in [7, 11) is 10.3. The molecule has 0 atom stereocenters. The number of aliphatic carboxylic acids is 1. The van der Waals surface area contributed by atoms with Crippen LogP contribution in [0.5, 0.6) is 23.0 Å². The Kier molecular flexibility index (Phi) is 27.2. The van der Waals surface area contributed by atoms with Crippen LogP contribution in [0, 0.1) is 0 Å². The van der Waals surface area contributed by atoms with Gasteiger partial charge in [0.15, 0.2) is 5.78 Å². The number of hydrogen-bond acceptors (Lipinski definition) is 19. The number of nitrogens with one attached hydrogen (secondary N) is 1. The molecule has 0 aliphatic carbocycles. The lowest BCUT2D eigenvalue weighted by atomic mass is 9.96. The Morgan fingerprint density at radius 1 is 0.382 bits per heavy atom. The second-order valence-corrected chi connectivity index (χ2v) is 24.9. The highest BCUT2D eigenvalue weighted by atomic mass is 16.5. The van der Waals surface area contributed by atoms with Gasteiger partial charge in [0.05, 0.1) is 128 Å². The molecule has 560 valence electrons. The van der Waals surface area contributed by atoms with Crippen LogP contribution in [0.25, 0.3) is 0 Å². The lowest BCUT2D eigenvalue weighted by Crippen LogP contribution is -2.31. The van der Waals surface area contributed by atoms with Crippen LogP contribution in [-0.2, 0) is 86.5 Å². The maximum absolute atomic E-state index is 13.1. The van der Waals surface area contributed by atoms with Crippen molar-refractivity contribution < 1.29 is 76.6 Å². The number of carbonyl (C=O) groups is 8. The number of aliphatic imine (C=N–C) groups is 3. The summed E-state index contributed by atoms with van der Waals surface area (Å²) in [4.78, 5) is 114. The lowest BCUT2D eigenvalue weighted by molar-refractivity contribution is -0.140. The van der Waals surface area contributed by atoms with Gasteiger partial charge in [-0.3, -0.25) is 53.3 Å². The average molecular weight is 1480 g/mol. The number of para-hydroxylation sites is 4. The number of hydrogen-bond donors (Lipinski definition) is 3. The summed E-state index contributed by atoms with van der Waals surface area (Å²) in [5.41, 5.74) is 20.7. The van der Waals surface area contributed by atoms with Crippen molar-refractivity contribution in [1.82, 2.24) is 0 Å². The van der Waals surface area contributed by atoms with Crippen LogP contribution in [0.4, 0.5) is 22.7 Å². The molecule has 0 spiro atoms. The molecule has 3 heterocycles. The first-order chi connectivity index (χ1) is 53.3. The number of ketones is 1. The number of nitrogen functional groups attached to an aromatic ring is 1. The number of benzodiazepines with no additional fused rings is 3. The maximum Gasteiger partial charge on any atom is 0.309 e. The van der Waals surface area contributed by atoms with Crippen LogP contribution in [0.15, 0.2) is 245 Å². The first kappa shape index (κ1) is 78.8. The quantitative estimate of drug-likeness (QED) is 0.0260. The van der Waals surface area contributed by atoms with Crippen molar-refractivity contribution in [1.29, 1.82) is 0 Å². The van der Waals surface area contributed by atoms with Crippen molar-refractivity contribution in [3.63, 3.8) is 0 Å². The molecule has 3 aliphatic heterocycles. The Morgan fingerprint density at radius 2 is 0.745 bits per heavy atom. The molecule has 23 heteroatoms. The highest BCUT2D eigenvalue weighted by molar-refractivity contribution is 6.23. The molecule has 3 aliphatic rings. The number of amides is 3. The van der Waals surface area contributed by atoms with Gasteiger partial charge >= 0.3 is 23.9 Å². The summed E-state index contributed by atoms with van der Waals surface area (Å²) in [5.74, 6) is -0.293. The fourth-order valence-corrected chi connectivity index (χ4v) is 12.4. The average Bonchev–Trinajstić information content (AvgIpc) is 1.57. The number of nitrogens with zero attached hydrogens (tertiary/aromatic N) is 5. The van der Waals surface area contributed by atoms with Crippen molar-refractivity contribution in [2.45, 2.75) is 38.8 Å². The molecule has 10 aromatic rings. The first-order valence-corrected chi connectivity index (χ1v) is 34.8. The minimum absolute atomic E-state index is 0.0108. The third-order valence-corrected chi connectivity index (χ3v) is 17.8. The van der Waals surface area contributed by atoms with E-state index in [0.29, 0.717) is 92.4 Å². The topological polar surface area (TPSA) is 303 Å². The van der Waals surface area contributed by atoms with Crippen molar-refractivity contribution in [3.8, 4) is 23.0 Å². The lowest BCUT2D eigenvalue weighted by Gasteiger charge is -2.23. The molecule has 0 bridgehead atoms. The predicted molar refractivity (Wildman–Crippen MR) is 420 cm³/mol. The molecule has 10 aromatic carbocycles. The molecule has 13 rings (SSSR count). The van der Waals surface area contributed by atoms with E-state index in [0.717, 1.165) is 61.4 Å². The van der Waals surface area contributed by atoms with Crippen LogP contribution in [0.2, 0.25) is 0 Å². The van der Waals surface area contributed by atoms with Gasteiger partial charge in [-0.25, -0.2) is 0 Å². The molecular formula is C87H81N7O16. The van der Waals surface area contributed by atoms with Gasteiger partial charge in [0.25, 0.3) is 0 Å². The summed E-state index contributed by atoms with van der Waals surface area (Å²) in [6.45, 7) is 0.924. The standard InChI is InChI=1S/C26H24N2O4.C25H22N2O4.C19H18N2O4.C17H17NO4/c1-31-23-13-12-19(15-25(30)32-2)14-21(23)26-20-10-6-7-11-22(20)28(24(29)16-27-26)17-18-8-4-3-5-9-18;1-31-22-12-11-18(14-24(29)30)13-20(22)25-19-9-5-6-10-21(19)27(23(28)15-26-25)16-17-7-3-2-4-8-17;1-24-16-8-7-12(10-18(23)25-2)9-14(16)19-13-5-3-4-6-15(13)21-17(22)11-20-19;1-21-15-8-7-11(10-16(19)22-2)9-13(15)17(20)12-5-3-4-6-14(12)18/h3-14H,15-17H2,1-2H3;2-13H,14-16H2,1H3,(H,29,30);3-9H,10-11H2,1-2H3,(H,21,22);3-9H,10,18H2,1-2H3. The molecule has 4 N–H and O–H groups in total. The van der Waals surface area contributed by atoms with Crippen molar-refractivity contribution >= 4 is 87.3 Å². The number of ether oxygens (including phenoxy) is 7. The highest BCUT2D eigenvalue weighted by Crippen LogP contribution is 2.36. The van der Waals surface area contributed by atoms with Crippen LogP contribution in [0.3, 0.4) is 0 Å². The van der Waals surface area contributed by atoms with Crippen LogP contribution in [-0.4, -0.2) is 139 Å². The number of methoxy groups -OCH3 is 7. The molecule has 0 aromatic heterocycles. The Hall–Kier alpha value is -13.8. The van der Waals surface area contributed by atoms with Crippen LogP contribution in [0.1, 0.15) is 82.7 Å². The zero-order valence-electron chi connectivity index (χ0n) is 61.7. The van der Waals surface area contributed by atoms with E-state index < -0.39 is 5.97 Å². The highest BCUT2D eigenvalue weighted by Gasteiger charge is 2.30. The molecular weight excluding hydrogens is 1400 g/mol. The Bertz CT molecular complexity index is 5160. The third-order valence-electron chi connectivity index (χ3n) is 17.8. The largest absolute Gasteiger partial charge is 0.496 e. The number of rotatable bonds is 21. The van der Waals surface area contributed by atoms with Crippen molar-refractivity contribution in [2.75, 3.05) is 90.3 Å². The smallest absolute Gasteiger partial charge is 0.309 e. The summed E-state index contributed by atoms with van der Waals surface area (Å²) < 4.78 is 36.0. The van der Waals surface area contributed by atoms with Gasteiger partial charge in [0, 0.05) is 44.6 Å². The van der Waals surface area contributed by atoms with E-state index in [-0.39, 0.29) is 86.7 Å². The van der Waals surface area contributed by atoms with Gasteiger partial charge in [-0.05, 0) is 112 Å². The number of carboxylic acid groups (broad SMARTS) is 1. The van der Waals surface area contributed by atoms with Gasteiger partial charge in [0.2, 0.25) is 17.7 Å². The van der Waals surface area contributed by atoms with Gasteiger partial charge in [-0.1, -0.05) is 152 Å². The SMILES string of the molecule is COC(=O)Cc1ccc(OC)c(C(=O)c2ccccc2N)c1.COC(=O)Cc1ccc(OC)c(C2=NCC(=O)N(Cc3ccccc3)c3ccccc32)c1.COC(=O)Cc1ccc(OC)c(C2=NCC(=O)Nc3ccccc32)c1.COc1ccc(CC(=O)O)cc1C1=NCC(=O)N(Cc2ccccc2)c2ccccc21. The van der Waals surface area contributed by atoms with E-state index in [9.17, 15) is 43.5 Å². The number of anilines is 4. The molecule has 0 saturated heterocycles. The zero-order valence-corrected chi connectivity index (χ0v) is 61.7. The van der Waals surface area contributed by atoms with Gasteiger partial charge < -0.3 is 59.1 Å². The number of fused-ring (bicyclic) bond motifs is 3. The molecule has 0 radical (unpaired) electrons. The third kappa shape index (κ3) is 19.8. The van der Waals surface area contributed by atoms with Crippen LogP contribution < -0.4 is 39.8 Å². The molecule has 0 saturated carbocycles. The number of carbonyl (C=O) groups excluding carboxylic acids is 7. The van der Waals surface area contributed by atoms with Gasteiger partial charge in [-0.15, -0.1) is 0 Å². The van der Waals surface area contributed by atoms with E-state index in [1.165, 1.54) is 28.4 Å². The number of esters is 3. The number of carboxylic acids is 1. The van der Waals surface area contributed by atoms with Gasteiger partial charge in [0.1, 0.15) is 42.6 Å². The maximum atomic E-state index is 13.1. The Morgan fingerprint density at radius 3 is 1.17 bits per heavy atom. The van der Waals surface area contributed by atoms with E-state index >= 15 is 0 Å². The summed E-state index contributed by atoms with van der Waals surface area (Å²) in [6.07, 6.45) is 0.275. The van der Waals surface area contributed by atoms with E-state index in [1.807, 2.05) is 164 Å². The van der Waals surface area contributed by atoms with Crippen LogP contribution >= 0.6 is 0 Å². The Labute approximate surface area is 636 Å². The van der Waals surface area contributed by atoms with Crippen molar-refractivity contribution in [2.24, 2.45) is 15.0 Å². The van der Waals surface area contributed by atoms with Gasteiger partial charge in [-0.2, -0.15) is 0 Å². The minimum Gasteiger partial charge on any atom is -0.496 e. The number of nitrogens with two attached hydrogens (primary N) is 1. The van der Waals surface area contributed by atoms with Crippen molar-refractivity contribution in [3.05, 3.63) is 308 Å². The molecule has 23 nitrogen and oxygen atoms in total. The Balaban J connectivity index is 0.000000158. The minimum atomic E-state index is -0.913. The second-order valence-electron chi connectivity index (χ2n) is 24.9. The molecule has 0 fully saturated rings. The summed E-state index contributed by atoms with van der Waals surface area (Å²) in [5, 5.41) is 12.0. The van der Waals surface area contributed by atoms with E-state index in [1.54, 1.807) is 97.9 Å². The fraction of sp³-hybridized carbons (Fsp3) is 0.184. The molecule has 110 heavy (non-hydrogen) atoms.